The van der Waals surface area contributed by atoms with Gasteiger partial charge in [0.1, 0.15) is 0 Å². The highest BCUT2D eigenvalue weighted by Crippen LogP contribution is 2.39. The highest BCUT2D eigenvalue weighted by atomic mass is 28.5. The first-order chi connectivity index (χ1) is 18.9. The van der Waals surface area contributed by atoms with Gasteiger partial charge in [-0.05, 0) is 80.0 Å². The fourth-order valence-electron chi connectivity index (χ4n) is 6.16. The molecule has 0 heterocycles. The van der Waals surface area contributed by atoms with E-state index in [1.54, 1.807) is 0 Å². The van der Waals surface area contributed by atoms with Crippen LogP contribution in [0.1, 0.15) is 114 Å². The Bertz CT molecular complexity index is 543. The largest absolute Gasteiger partial charge is 0.469 e. The van der Waals surface area contributed by atoms with E-state index in [1.807, 2.05) is 7.11 Å². The minimum Gasteiger partial charge on any atom is -0.420 e. The van der Waals surface area contributed by atoms with E-state index >= 15 is 0 Å². The standard InChI is InChI=1S/C31H74O4Si5/c1-13-37(14-2,15-3)33-40(34-38(16-4,17-5)18-6,35-39(19-7,20-8)21-9)31-29-27-25-23-22-24-26-28-30-36(11,12)32-10/h13-31H2,1-12H3. The van der Waals surface area contributed by atoms with Crippen molar-refractivity contribution in [2.24, 2.45) is 0 Å². The minimum absolute atomic E-state index is 1.04. The van der Waals surface area contributed by atoms with Gasteiger partial charge in [-0.15, -0.1) is 0 Å². The van der Waals surface area contributed by atoms with Gasteiger partial charge in [0.2, 0.25) is 0 Å². The van der Waals surface area contributed by atoms with Gasteiger partial charge in [-0.25, -0.2) is 0 Å². The maximum absolute atomic E-state index is 7.60. The Labute approximate surface area is 258 Å². The van der Waals surface area contributed by atoms with E-state index in [1.165, 1.54) is 112 Å². The zero-order valence-corrected chi connectivity index (χ0v) is 34.6. The SMILES string of the molecule is CC[Si](CC)(CC)O[Si](CCCCCCCCCC[Si](C)(C)OC)(O[Si](CC)(CC)CC)O[Si](CC)(CC)CC. The summed E-state index contributed by atoms with van der Waals surface area (Å²) in [6.07, 6.45) is 10.6. The molecule has 0 aliphatic carbocycles. The summed E-state index contributed by atoms with van der Waals surface area (Å²) in [6, 6.07) is 12.9. The van der Waals surface area contributed by atoms with Gasteiger partial charge < -0.3 is 16.8 Å². The van der Waals surface area contributed by atoms with Crippen molar-refractivity contribution >= 4 is 42.1 Å². The second-order valence-corrected chi connectivity index (χ2v) is 35.2. The first-order valence-electron chi connectivity index (χ1n) is 17.6. The first-order valence-corrected chi connectivity index (χ1v) is 30.2. The van der Waals surface area contributed by atoms with Crippen LogP contribution in [0.25, 0.3) is 0 Å². The Hall–Kier alpha value is 0.924. The maximum atomic E-state index is 7.60. The van der Waals surface area contributed by atoms with E-state index in [0.29, 0.717) is 0 Å². The molecule has 0 fully saturated rings. The van der Waals surface area contributed by atoms with Crippen LogP contribution in [0.2, 0.25) is 79.6 Å². The van der Waals surface area contributed by atoms with Crippen LogP contribution in [0.5, 0.6) is 0 Å². The highest BCUT2D eigenvalue weighted by Gasteiger charge is 2.54. The lowest BCUT2D eigenvalue weighted by Gasteiger charge is -2.48. The van der Waals surface area contributed by atoms with Crippen LogP contribution in [-0.4, -0.2) is 49.2 Å². The average Bonchev–Trinajstić information content (AvgIpc) is 2.98. The fourth-order valence-corrected chi connectivity index (χ4v) is 28.6. The zero-order valence-electron chi connectivity index (χ0n) is 29.6. The molecule has 40 heavy (non-hydrogen) atoms. The van der Waals surface area contributed by atoms with E-state index in [-0.39, 0.29) is 0 Å². The Morgan fingerprint density at radius 1 is 0.375 bits per heavy atom. The number of hydrogen-bond acceptors (Lipinski definition) is 4. The monoisotopic (exact) mass is 650 g/mol. The average molecular weight is 651 g/mol. The van der Waals surface area contributed by atoms with Crippen molar-refractivity contribution in [1.82, 2.24) is 0 Å². The Morgan fingerprint density at radius 2 is 0.625 bits per heavy atom. The molecule has 0 amide bonds. The Balaban J connectivity index is 5.69. The van der Waals surface area contributed by atoms with Crippen LogP contribution in [0.3, 0.4) is 0 Å². The number of unbranched alkanes of at least 4 members (excludes halogenated alkanes) is 7. The van der Waals surface area contributed by atoms with Crippen LogP contribution in [0.4, 0.5) is 0 Å². The molecule has 0 unspecified atom stereocenters. The molecule has 0 saturated carbocycles. The summed E-state index contributed by atoms with van der Waals surface area (Å²) in [5.74, 6) is 0. The molecule has 0 aromatic rings. The first kappa shape index (κ1) is 40.9. The van der Waals surface area contributed by atoms with Crippen molar-refractivity contribution in [3.05, 3.63) is 0 Å². The van der Waals surface area contributed by atoms with Crippen LogP contribution < -0.4 is 0 Å². The van der Waals surface area contributed by atoms with Crippen LogP contribution in [-0.2, 0) is 16.8 Å². The van der Waals surface area contributed by atoms with Crippen molar-refractivity contribution in [2.45, 2.75) is 193 Å². The van der Waals surface area contributed by atoms with Gasteiger partial charge in [0.05, 0.1) is 0 Å². The predicted octanol–water partition coefficient (Wildman–Crippen LogP) is 12.0. The van der Waals surface area contributed by atoms with Crippen LogP contribution >= 0.6 is 0 Å². The summed E-state index contributed by atoms with van der Waals surface area (Å²) in [7, 11) is -7.98. The quantitative estimate of drug-likeness (QED) is 0.0654. The van der Waals surface area contributed by atoms with Gasteiger partial charge in [0, 0.05) is 13.2 Å². The number of rotatable bonds is 27. The third-order valence-corrected chi connectivity index (χ3v) is 34.6. The fraction of sp³-hybridized carbons (Fsp3) is 1.00. The van der Waals surface area contributed by atoms with E-state index < -0.39 is 42.1 Å². The van der Waals surface area contributed by atoms with Gasteiger partial charge in [-0.2, -0.15) is 0 Å². The Kier molecular flexibility index (Phi) is 21.3. The topological polar surface area (TPSA) is 36.9 Å². The lowest BCUT2D eigenvalue weighted by Crippen LogP contribution is -2.64. The van der Waals surface area contributed by atoms with Gasteiger partial charge in [-0.1, -0.05) is 107 Å². The summed E-state index contributed by atoms with van der Waals surface area (Å²) in [4.78, 5) is 0. The molecule has 4 nitrogen and oxygen atoms in total. The van der Waals surface area contributed by atoms with Crippen LogP contribution in [0.15, 0.2) is 0 Å². The van der Waals surface area contributed by atoms with Gasteiger partial charge in [-0.3, -0.25) is 0 Å². The third kappa shape index (κ3) is 13.7. The maximum Gasteiger partial charge on any atom is 0.469 e. The lowest BCUT2D eigenvalue weighted by molar-refractivity contribution is 0.237. The van der Waals surface area contributed by atoms with Crippen molar-refractivity contribution in [3.63, 3.8) is 0 Å². The molecule has 242 valence electrons. The second kappa shape index (κ2) is 20.8. The molecule has 0 atom stereocenters. The van der Waals surface area contributed by atoms with E-state index in [4.69, 9.17) is 16.8 Å². The molecule has 0 radical (unpaired) electrons. The van der Waals surface area contributed by atoms with Gasteiger partial charge in [0.15, 0.2) is 33.3 Å². The van der Waals surface area contributed by atoms with Crippen molar-refractivity contribution in [1.29, 1.82) is 0 Å². The van der Waals surface area contributed by atoms with E-state index in [9.17, 15) is 0 Å². The molecule has 0 aliphatic heterocycles. The summed E-state index contributed by atoms with van der Waals surface area (Å²) in [5.41, 5.74) is 0. The van der Waals surface area contributed by atoms with Crippen molar-refractivity contribution in [2.75, 3.05) is 7.11 Å². The molecule has 0 N–H and O–H groups in total. The molecular formula is C31H74O4Si5. The van der Waals surface area contributed by atoms with E-state index in [0.717, 1.165) is 6.04 Å². The van der Waals surface area contributed by atoms with E-state index in [2.05, 4.69) is 75.4 Å². The molecule has 0 saturated heterocycles. The molecule has 9 heteroatoms. The zero-order chi connectivity index (χ0) is 30.8. The summed E-state index contributed by atoms with van der Waals surface area (Å²) in [5, 5.41) is 0. The predicted molar refractivity (Wildman–Crippen MR) is 192 cm³/mol. The molecule has 0 aromatic carbocycles. The van der Waals surface area contributed by atoms with Gasteiger partial charge in [0.25, 0.3) is 0 Å². The summed E-state index contributed by atoms with van der Waals surface area (Å²) >= 11 is 0. The molecule has 0 spiro atoms. The number of hydrogen-bond donors (Lipinski definition) is 0. The third-order valence-electron chi connectivity index (χ3n) is 10.5. The molecule has 0 bridgehead atoms. The summed E-state index contributed by atoms with van der Waals surface area (Å²) in [6.45, 7) is 26.0. The smallest absolute Gasteiger partial charge is 0.420 e. The van der Waals surface area contributed by atoms with Gasteiger partial charge >= 0.3 is 8.80 Å². The minimum atomic E-state index is -2.82. The Morgan fingerprint density at radius 3 is 0.875 bits per heavy atom. The van der Waals surface area contributed by atoms with Crippen molar-refractivity contribution < 1.29 is 16.8 Å². The van der Waals surface area contributed by atoms with Crippen LogP contribution in [0, 0.1) is 0 Å². The highest BCUT2D eigenvalue weighted by molar-refractivity contribution is 6.92. The lowest BCUT2D eigenvalue weighted by atomic mass is 10.1. The second-order valence-electron chi connectivity index (χ2n) is 13.0. The normalized spacial score (nSPS) is 13.8. The molecule has 0 aliphatic rings. The molecule has 0 aromatic heterocycles. The molecular weight excluding hydrogens is 577 g/mol. The molecule has 0 rings (SSSR count). The summed E-state index contributed by atoms with van der Waals surface area (Å²) < 4.78 is 28.5. The van der Waals surface area contributed by atoms with Crippen molar-refractivity contribution in [3.8, 4) is 0 Å².